The first kappa shape index (κ1) is 17.9. The Morgan fingerprint density at radius 1 is 1.35 bits per heavy atom. The van der Waals surface area contributed by atoms with Crippen LogP contribution in [0.15, 0.2) is 55.0 Å². The molecule has 0 aliphatic heterocycles. The number of pyridine rings is 1. The minimum absolute atomic E-state index is 0.327. The van der Waals surface area contributed by atoms with Gasteiger partial charge < -0.3 is 15.0 Å². The highest BCUT2D eigenvalue weighted by Crippen LogP contribution is 2.25. The molecule has 134 valence electrons. The normalized spacial score (nSPS) is 11.3. The molecule has 0 unspecified atom stereocenters. The topological polar surface area (TPSA) is 70.1 Å². The maximum atomic E-state index is 11.9. The number of nitrogens with two attached hydrogens (primary N) is 1. The zero-order chi connectivity index (χ0) is 18.4. The first-order chi connectivity index (χ1) is 12.7. The molecule has 0 fully saturated rings. The summed E-state index contributed by atoms with van der Waals surface area (Å²) in [6.07, 6.45) is 11.6. The van der Waals surface area contributed by atoms with Gasteiger partial charge in [-0.1, -0.05) is 18.2 Å². The second kappa shape index (κ2) is 8.45. The van der Waals surface area contributed by atoms with Crippen LogP contribution in [0.1, 0.15) is 27.9 Å². The molecular weight excluding hydrogens is 326 g/mol. The van der Waals surface area contributed by atoms with Crippen LogP contribution in [0, 0.1) is 0 Å². The van der Waals surface area contributed by atoms with E-state index in [4.69, 9.17) is 10.5 Å². The quantitative estimate of drug-likeness (QED) is 0.664. The largest absolute Gasteiger partial charge is 0.465 e. The molecule has 2 aromatic heterocycles. The fourth-order valence-corrected chi connectivity index (χ4v) is 2.99. The van der Waals surface area contributed by atoms with Crippen molar-refractivity contribution in [3.63, 3.8) is 0 Å². The van der Waals surface area contributed by atoms with Gasteiger partial charge in [0.05, 0.1) is 12.7 Å². The highest BCUT2D eigenvalue weighted by Gasteiger charge is 2.11. The van der Waals surface area contributed by atoms with E-state index < -0.39 is 0 Å². The van der Waals surface area contributed by atoms with Crippen molar-refractivity contribution in [3.8, 4) is 0 Å². The van der Waals surface area contributed by atoms with Crippen LogP contribution in [0.3, 0.4) is 0 Å². The fourth-order valence-electron chi connectivity index (χ4n) is 2.99. The standard InChI is InChI=1S/C21H23N3O2/c1-26-21(25)17-7-8-20-19(13-17)18(6-2-3-10-22)15-24(20)12-9-16-5-4-11-23-14-16/h2,4-8,11,13-15H,3,9-10,12,22H2,1H3. The van der Waals surface area contributed by atoms with Gasteiger partial charge in [0.2, 0.25) is 0 Å². The number of aryl methyl sites for hydroxylation is 2. The number of benzene rings is 1. The minimum atomic E-state index is -0.327. The molecule has 0 aliphatic carbocycles. The average molecular weight is 349 g/mol. The Bertz CT molecular complexity index is 914. The Balaban J connectivity index is 1.95. The number of ether oxygens (including phenoxy) is 1. The summed E-state index contributed by atoms with van der Waals surface area (Å²) in [5.74, 6) is -0.327. The molecular formula is C21H23N3O2. The molecule has 2 N–H and O–H groups in total. The van der Waals surface area contributed by atoms with E-state index in [0.717, 1.165) is 35.9 Å². The van der Waals surface area contributed by atoms with Crippen molar-refractivity contribution in [2.24, 2.45) is 5.73 Å². The van der Waals surface area contributed by atoms with Crippen LogP contribution >= 0.6 is 0 Å². The van der Waals surface area contributed by atoms with E-state index in [9.17, 15) is 4.79 Å². The molecule has 0 spiro atoms. The Hall–Kier alpha value is -2.92. The third kappa shape index (κ3) is 4.00. The Morgan fingerprint density at radius 2 is 2.23 bits per heavy atom. The summed E-state index contributed by atoms with van der Waals surface area (Å²) in [4.78, 5) is 16.0. The van der Waals surface area contributed by atoms with E-state index in [1.54, 1.807) is 6.20 Å². The third-order valence-corrected chi connectivity index (χ3v) is 4.33. The summed E-state index contributed by atoms with van der Waals surface area (Å²) in [5, 5.41) is 1.03. The van der Waals surface area contributed by atoms with Crippen molar-refractivity contribution in [2.75, 3.05) is 13.7 Å². The number of carbonyl (C=O) groups is 1. The molecule has 0 bridgehead atoms. The number of hydrogen-bond donors (Lipinski definition) is 1. The first-order valence-electron chi connectivity index (χ1n) is 8.69. The van der Waals surface area contributed by atoms with Crippen molar-refractivity contribution in [2.45, 2.75) is 19.4 Å². The number of fused-ring (bicyclic) bond motifs is 1. The van der Waals surface area contributed by atoms with Crippen LogP contribution in [-0.4, -0.2) is 29.2 Å². The van der Waals surface area contributed by atoms with Crippen molar-refractivity contribution < 1.29 is 9.53 Å². The van der Waals surface area contributed by atoms with Crippen LogP contribution < -0.4 is 5.73 Å². The van der Waals surface area contributed by atoms with Gasteiger partial charge in [-0.05, 0) is 54.8 Å². The minimum Gasteiger partial charge on any atom is -0.465 e. The fraction of sp³-hybridized carbons (Fsp3) is 0.238. The van der Waals surface area contributed by atoms with Crippen LogP contribution in [0.4, 0.5) is 0 Å². The zero-order valence-corrected chi connectivity index (χ0v) is 14.9. The van der Waals surface area contributed by atoms with E-state index in [1.807, 2.05) is 30.5 Å². The smallest absolute Gasteiger partial charge is 0.337 e. The van der Waals surface area contributed by atoms with Crippen LogP contribution in [0.2, 0.25) is 0 Å². The van der Waals surface area contributed by atoms with E-state index >= 15 is 0 Å². The van der Waals surface area contributed by atoms with Crippen LogP contribution in [0.5, 0.6) is 0 Å². The molecule has 0 atom stereocenters. The third-order valence-electron chi connectivity index (χ3n) is 4.33. The molecule has 0 radical (unpaired) electrons. The zero-order valence-electron chi connectivity index (χ0n) is 14.9. The van der Waals surface area contributed by atoms with E-state index in [1.165, 1.54) is 12.7 Å². The summed E-state index contributed by atoms with van der Waals surface area (Å²) < 4.78 is 7.06. The Kier molecular flexibility index (Phi) is 5.81. The number of esters is 1. The Labute approximate surface area is 153 Å². The molecule has 0 saturated heterocycles. The predicted octanol–water partition coefficient (Wildman–Crippen LogP) is 3.43. The Morgan fingerprint density at radius 3 is 2.96 bits per heavy atom. The van der Waals surface area contributed by atoms with Crippen LogP contribution in [0.25, 0.3) is 17.0 Å². The molecule has 5 heteroatoms. The molecule has 0 saturated carbocycles. The summed E-state index contributed by atoms with van der Waals surface area (Å²) in [7, 11) is 1.40. The van der Waals surface area contributed by atoms with Crippen LogP contribution in [-0.2, 0) is 17.7 Å². The number of nitrogens with zero attached hydrogens (tertiary/aromatic N) is 2. The SMILES string of the molecule is COC(=O)c1ccc2c(c1)c(C=CCCN)cn2CCc1cccnc1. The summed E-state index contributed by atoms with van der Waals surface area (Å²) >= 11 is 0. The number of methoxy groups -OCH3 is 1. The second-order valence-electron chi connectivity index (χ2n) is 6.09. The molecule has 1 aromatic carbocycles. The van der Waals surface area contributed by atoms with Gasteiger partial charge in [0.1, 0.15) is 0 Å². The van der Waals surface area contributed by atoms with Crippen molar-refractivity contribution >= 4 is 22.9 Å². The molecule has 26 heavy (non-hydrogen) atoms. The highest BCUT2D eigenvalue weighted by atomic mass is 16.5. The lowest BCUT2D eigenvalue weighted by molar-refractivity contribution is 0.0601. The van der Waals surface area contributed by atoms with Crippen molar-refractivity contribution in [1.82, 2.24) is 9.55 Å². The molecule has 0 amide bonds. The van der Waals surface area contributed by atoms with Gasteiger partial charge in [0, 0.05) is 36.0 Å². The van der Waals surface area contributed by atoms with Gasteiger partial charge in [-0.2, -0.15) is 0 Å². The number of aromatic nitrogens is 2. The summed E-state index contributed by atoms with van der Waals surface area (Å²) in [6, 6.07) is 9.71. The van der Waals surface area contributed by atoms with Crippen molar-refractivity contribution in [1.29, 1.82) is 0 Å². The summed E-state index contributed by atoms with van der Waals surface area (Å²) in [5.41, 5.74) is 9.50. The molecule has 3 rings (SSSR count). The number of hydrogen-bond acceptors (Lipinski definition) is 4. The maximum Gasteiger partial charge on any atom is 0.337 e. The number of rotatable bonds is 7. The second-order valence-corrected chi connectivity index (χ2v) is 6.09. The first-order valence-corrected chi connectivity index (χ1v) is 8.69. The van der Waals surface area contributed by atoms with Gasteiger partial charge in [0.15, 0.2) is 0 Å². The molecule has 2 heterocycles. The lowest BCUT2D eigenvalue weighted by Gasteiger charge is -2.06. The molecule has 5 nitrogen and oxygen atoms in total. The molecule has 3 aromatic rings. The monoisotopic (exact) mass is 349 g/mol. The van der Waals surface area contributed by atoms with Gasteiger partial charge in [-0.25, -0.2) is 4.79 Å². The van der Waals surface area contributed by atoms with E-state index in [0.29, 0.717) is 12.1 Å². The summed E-state index contributed by atoms with van der Waals surface area (Å²) in [6.45, 7) is 1.45. The predicted molar refractivity (Wildman–Crippen MR) is 104 cm³/mol. The lowest BCUT2D eigenvalue weighted by Crippen LogP contribution is -2.02. The maximum absolute atomic E-state index is 11.9. The van der Waals surface area contributed by atoms with E-state index in [2.05, 4.69) is 34.0 Å². The average Bonchev–Trinajstić information content (AvgIpc) is 3.04. The van der Waals surface area contributed by atoms with Gasteiger partial charge in [-0.3, -0.25) is 4.98 Å². The van der Waals surface area contributed by atoms with Gasteiger partial charge in [0.25, 0.3) is 0 Å². The van der Waals surface area contributed by atoms with Crippen molar-refractivity contribution in [3.05, 3.63) is 71.7 Å². The van der Waals surface area contributed by atoms with E-state index in [-0.39, 0.29) is 5.97 Å². The van der Waals surface area contributed by atoms with Gasteiger partial charge >= 0.3 is 5.97 Å². The highest BCUT2D eigenvalue weighted by molar-refractivity contribution is 5.97. The molecule has 0 aliphatic rings. The number of carbonyl (C=O) groups excluding carboxylic acids is 1. The lowest BCUT2D eigenvalue weighted by atomic mass is 10.1. The van der Waals surface area contributed by atoms with Gasteiger partial charge in [-0.15, -0.1) is 0 Å².